The molecule has 0 aromatic heterocycles. The molecule has 3 rings (SSSR count). The quantitative estimate of drug-likeness (QED) is 0.801. The molecule has 0 bridgehead atoms. The molecule has 0 radical (unpaired) electrons. The van der Waals surface area contributed by atoms with Crippen molar-refractivity contribution in [3.8, 4) is 0 Å². The van der Waals surface area contributed by atoms with E-state index in [0.717, 1.165) is 18.4 Å². The summed E-state index contributed by atoms with van der Waals surface area (Å²) in [5, 5.41) is 5.30. The molecule has 0 heterocycles. The van der Waals surface area contributed by atoms with Gasteiger partial charge in [0.15, 0.2) is 0 Å². The van der Waals surface area contributed by atoms with Crippen molar-refractivity contribution in [2.45, 2.75) is 39.3 Å². The molecule has 28 heavy (non-hydrogen) atoms. The molecule has 0 unspecified atom stereocenters. The van der Waals surface area contributed by atoms with Crippen LogP contribution >= 0.6 is 0 Å². The van der Waals surface area contributed by atoms with Gasteiger partial charge in [0.05, 0.1) is 0 Å². The molecule has 146 valence electrons. The van der Waals surface area contributed by atoms with Crippen molar-refractivity contribution < 1.29 is 18.8 Å². The minimum Gasteiger partial charge on any atom is -0.331 e. The van der Waals surface area contributed by atoms with Gasteiger partial charge < -0.3 is 15.5 Å². The van der Waals surface area contributed by atoms with Crippen molar-refractivity contribution >= 4 is 29.1 Å². The summed E-state index contributed by atoms with van der Waals surface area (Å²) in [6, 6.07) is 11.0. The van der Waals surface area contributed by atoms with E-state index in [4.69, 9.17) is 0 Å². The van der Waals surface area contributed by atoms with E-state index in [9.17, 15) is 18.8 Å². The Kier molecular flexibility index (Phi) is 5.73. The van der Waals surface area contributed by atoms with Crippen LogP contribution in [0.3, 0.4) is 0 Å². The van der Waals surface area contributed by atoms with Gasteiger partial charge in [0.25, 0.3) is 5.91 Å². The van der Waals surface area contributed by atoms with Crippen LogP contribution in [0.5, 0.6) is 0 Å². The van der Waals surface area contributed by atoms with Crippen LogP contribution in [0.1, 0.15) is 42.6 Å². The molecule has 7 heteroatoms. The highest BCUT2D eigenvalue weighted by atomic mass is 19.1. The third-order valence-corrected chi connectivity index (χ3v) is 4.34. The summed E-state index contributed by atoms with van der Waals surface area (Å²) >= 11 is 0. The van der Waals surface area contributed by atoms with Gasteiger partial charge in [-0.3, -0.25) is 14.4 Å². The summed E-state index contributed by atoms with van der Waals surface area (Å²) in [7, 11) is 0. The fourth-order valence-corrected chi connectivity index (χ4v) is 3.01. The molecule has 0 aliphatic heterocycles. The topological polar surface area (TPSA) is 78.5 Å². The van der Waals surface area contributed by atoms with Crippen LogP contribution in [-0.2, 0) is 16.1 Å². The van der Waals surface area contributed by atoms with Gasteiger partial charge in [-0.15, -0.1) is 0 Å². The second-order valence-electron chi connectivity index (χ2n) is 6.95. The highest BCUT2D eigenvalue weighted by Crippen LogP contribution is 2.31. The van der Waals surface area contributed by atoms with Gasteiger partial charge in [-0.05, 0) is 48.7 Å². The van der Waals surface area contributed by atoms with Gasteiger partial charge in [-0.2, -0.15) is 0 Å². The Morgan fingerprint density at radius 2 is 1.50 bits per heavy atom. The van der Waals surface area contributed by atoms with E-state index in [-0.39, 0.29) is 29.6 Å². The number of nitrogens with zero attached hydrogens (tertiary/aromatic N) is 1. The smallest absolute Gasteiger partial charge is 0.254 e. The number of anilines is 2. The Hall–Kier alpha value is -3.22. The molecule has 6 nitrogen and oxygen atoms in total. The minimum atomic E-state index is -0.323. The standard InChI is InChI=1S/C21H22FN3O3/c1-13(26)23-18-9-16(10-19(11-18)24-14(2)27)21(28)25(20-7-8-20)12-15-3-5-17(22)6-4-15/h3-6,9-11,20H,7-8,12H2,1-2H3,(H,23,26)(H,24,27). The first kappa shape index (κ1) is 19.5. The average molecular weight is 383 g/mol. The van der Waals surface area contributed by atoms with Crippen LogP contribution in [0.4, 0.5) is 15.8 Å². The van der Waals surface area contributed by atoms with E-state index in [0.29, 0.717) is 23.5 Å². The Morgan fingerprint density at radius 3 is 1.96 bits per heavy atom. The third kappa shape index (κ3) is 5.16. The minimum absolute atomic E-state index is 0.131. The largest absolute Gasteiger partial charge is 0.331 e. The number of hydrogen-bond acceptors (Lipinski definition) is 3. The van der Waals surface area contributed by atoms with Gasteiger partial charge in [0, 0.05) is 43.4 Å². The molecule has 1 saturated carbocycles. The molecular weight excluding hydrogens is 361 g/mol. The molecule has 2 aromatic rings. The Morgan fingerprint density at radius 1 is 0.964 bits per heavy atom. The van der Waals surface area contributed by atoms with E-state index < -0.39 is 0 Å². The zero-order valence-corrected chi connectivity index (χ0v) is 15.8. The first-order valence-electron chi connectivity index (χ1n) is 9.07. The van der Waals surface area contributed by atoms with Crippen molar-refractivity contribution in [1.29, 1.82) is 0 Å². The number of hydrogen-bond donors (Lipinski definition) is 2. The maximum atomic E-state index is 13.2. The molecule has 2 N–H and O–H groups in total. The molecule has 1 aliphatic carbocycles. The van der Waals surface area contributed by atoms with Gasteiger partial charge in [-0.25, -0.2) is 4.39 Å². The Labute approximate surface area is 162 Å². The normalized spacial score (nSPS) is 13.0. The number of carbonyl (C=O) groups excluding carboxylic acids is 3. The lowest BCUT2D eigenvalue weighted by molar-refractivity contribution is -0.115. The van der Waals surface area contributed by atoms with E-state index >= 15 is 0 Å². The maximum absolute atomic E-state index is 13.2. The van der Waals surface area contributed by atoms with Gasteiger partial charge in [0.2, 0.25) is 11.8 Å². The summed E-state index contributed by atoms with van der Waals surface area (Å²) in [4.78, 5) is 37.8. The Bertz CT molecular complexity index is 873. The van der Waals surface area contributed by atoms with E-state index in [2.05, 4.69) is 10.6 Å². The SMILES string of the molecule is CC(=O)Nc1cc(NC(C)=O)cc(C(=O)N(Cc2ccc(F)cc2)C2CC2)c1. The number of nitrogens with one attached hydrogen (secondary N) is 2. The zero-order chi connectivity index (χ0) is 20.3. The predicted molar refractivity (Wildman–Crippen MR) is 104 cm³/mol. The summed E-state index contributed by atoms with van der Waals surface area (Å²) in [5.74, 6) is -1.07. The molecule has 0 atom stereocenters. The number of amides is 3. The average Bonchev–Trinajstić information content (AvgIpc) is 3.44. The number of benzene rings is 2. The highest BCUT2D eigenvalue weighted by Gasteiger charge is 2.33. The molecule has 1 fully saturated rings. The molecule has 1 aliphatic rings. The van der Waals surface area contributed by atoms with Gasteiger partial charge in [0.1, 0.15) is 5.82 Å². The first-order valence-corrected chi connectivity index (χ1v) is 9.07. The first-order chi connectivity index (χ1) is 13.3. The van der Waals surface area contributed by atoms with Gasteiger partial charge >= 0.3 is 0 Å². The summed E-state index contributed by atoms with van der Waals surface area (Å²) in [6.07, 6.45) is 1.83. The fourth-order valence-electron chi connectivity index (χ4n) is 3.01. The van der Waals surface area contributed by atoms with E-state index in [1.165, 1.54) is 26.0 Å². The van der Waals surface area contributed by atoms with Crippen LogP contribution in [0, 0.1) is 5.82 Å². The maximum Gasteiger partial charge on any atom is 0.254 e. The Balaban J connectivity index is 1.89. The summed E-state index contributed by atoms with van der Waals surface area (Å²) < 4.78 is 13.2. The highest BCUT2D eigenvalue weighted by molar-refractivity contribution is 6.00. The second kappa shape index (κ2) is 8.21. The lowest BCUT2D eigenvalue weighted by atomic mass is 10.1. The molecule has 3 amide bonds. The molecule has 0 spiro atoms. The van der Waals surface area contributed by atoms with Crippen molar-refractivity contribution in [1.82, 2.24) is 4.90 Å². The lowest BCUT2D eigenvalue weighted by Gasteiger charge is -2.23. The summed E-state index contributed by atoms with van der Waals surface area (Å²) in [6.45, 7) is 3.11. The third-order valence-electron chi connectivity index (χ3n) is 4.34. The molecule has 2 aromatic carbocycles. The monoisotopic (exact) mass is 383 g/mol. The predicted octanol–water partition coefficient (Wildman–Crippen LogP) is 3.55. The lowest BCUT2D eigenvalue weighted by Crippen LogP contribution is -2.32. The van der Waals surface area contributed by atoms with Crippen LogP contribution in [0.2, 0.25) is 0 Å². The van der Waals surface area contributed by atoms with Gasteiger partial charge in [-0.1, -0.05) is 12.1 Å². The van der Waals surface area contributed by atoms with Crippen LogP contribution < -0.4 is 10.6 Å². The van der Waals surface area contributed by atoms with Crippen LogP contribution in [0.15, 0.2) is 42.5 Å². The fraction of sp³-hybridized carbons (Fsp3) is 0.286. The van der Waals surface area contributed by atoms with Crippen LogP contribution in [0.25, 0.3) is 0 Å². The molecular formula is C21H22FN3O3. The van der Waals surface area contributed by atoms with Crippen LogP contribution in [-0.4, -0.2) is 28.7 Å². The number of carbonyl (C=O) groups is 3. The number of rotatable bonds is 6. The van der Waals surface area contributed by atoms with Crippen molar-refractivity contribution in [3.63, 3.8) is 0 Å². The second-order valence-corrected chi connectivity index (χ2v) is 6.95. The number of halogens is 1. The van der Waals surface area contributed by atoms with Crippen molar-refractivity contribution in [2.24, 2.45) is 0 Å². The van der Waals surface area contributed by atoms with E-state index in [1.54, 1.807) is 35.2 Å². The zero-order valence-electron chi connectivity index (χ0n) is 15.8. The van der Waals surface area contributed by atoms with Crippen molar-refractivity contribution in [3.05, 3.63) is 59.4 Å². The summed E-state index contributed by atoms with van der Waals surface area (Å²) in [5.41, 5.74) is 2.06. The van der Waals surface area contributed by atoms with Crippen molar-refractivity contribution in [2.75, 3.05) is 10.6 Å². The molecule has 0 saturated heterocycles. The van der Waals surface area contributed by atoms with E-state index in [1.807, 2.05) is 0 Å².